The number of methoxy groups -OCH3 is 1. The van der Waals surface area contributed by atoms with Crippen molar-refractivity contribution in [3.8, 4) is 16.9 Å². The summed E-state index contributed by atoms with van der Waals surface area (Å²) in [6, 6.07) is 21.4. The maximum Gasteiger partial charge on any atom is 0.243 e. The van der Waals surface area contributed by atoms with Gasteiger partial charge in [-0.2, -0.15) is 0 Å². The van der Waals surface area contributed by atoms with Crippen LogP contribution in [-0.4, -0.2) is 47.9 Å². The fourth-order valence-corrected chi connectivity index (χ4v) is 4.21. The van der Waals surface area contributed by atoms with Crippen LogP contribution in [-0.2, 0) is 22.4 Å². The molecule has 0 aliphatic carbocycles. The van der Waals surface area contributed by atoms with Gasteiger partial charge in [0, 0.05) is 37.8 Å². The van der Waals surface area contributed by atoms with Gasteiger partial charge in [-0.25, -0.2) is 0 Å². The van der Waals surface area contributed by atoms with Gasteiger partial charge in [0.1, 0.15) is 11.8 Å². The molecule has 1 N–H and O–H groups in total. The van der Waals surface area contributed by atoms with Gasteiger partial charge in [-0.3, -0.25) is 14.6 Å². The number of nitrogens with one attached hydrogen (secondary N) is 1. The van der Waals surface area contributed by atoms with Gasteiger partial charge in [0.05, 0.1) is 7.11 Å². The predicted molar refractivity (Wildman–Crippen MR) is 128 cm³/mol. The number of ether oxygens (including phenoxy) is 1. The summed E-state index contributed by atoms with van der Waals surface area (Å²) < 4.78 is 5.24. The second kappa shape index (κ2) is 10.8. The number of aromatic nitrogens is 1. The van der Waals surface area contributed by atoms with Crippen LogP contribution in [0.4, 0.5) is 0 Å². The third-order valence-corrected chi connectivity index (χ3v) is 5.98. The van der Waals surface area contributed by atoms with E-state index in [1.807, 2.05) is 60.7 Å². The number of nitrogens with zero attached hydrogens (tertiary/aromatic N) is 2. The number of rotatable bonds is 8. The lowest BCUT2D eigenvalue weighted by Gasteiger charge is -2.35. The molecule has 33 heavy (non-hydrogen) atoms. The Kier molecular flexibility index (Phi) is 7.35. The first-order valence-electron chi connectivity index (χ1n) is 11.3. The van der Waals surface area contributed by atoms with E-state index in [2.05, 4.69) is 16.4 Å². The number of amides is 2. The smallest absolute Gasteiger partial charge is 0.243 e. The first kappa shape index (κ1) is 22.5. The van der Waals surface area contributed by atoms with E-state index in [1.165, 1.54) is 0 Å². The highest BCUT2D eigenvalue weighted by Gasteiger charge is 2.32. The zero-order chi connectivity index (χ0) is 23.0. The molecule has 0 spiro atoms. The molecule has 6 heteroatoms. The summed E-state index contributed by atoms with van der Waals surface area (Å²) in [5, 5.41) is 2.92. The minimum absolute atomic E-state index is 0.0251. The highest BCUT2D eigenvalue weighted by Crippen LogP contribution is 2.24. The topological polar surface area (TPSA) is 71.5 Å². The van der Waals surface area contributed by atoms with E-state index < -0.39 is 6.04 Å². The molecule has 2 amide bonds. The molecule has 6 nitrogen and oxygen atoms in total. The Balaban J connectivity index is 1.43. The average molecular weight is 444 g/mol. The van der Waals surface area contributed by atoms with Crippen molar-refractivity contribution in [3.05, 3.63) is 84.2 Å². The molecule has 1 saturated heterocycles. The van der Waals surface area contributed by atoms with Gasteiger partial charge in [0.2, 0.25) is 11.8 Å². The molecule has 1 aliphatic rings. The quantitative estimate of drug-likeness (QED) is 0.577. The van der Waals surface area contributed by atoms with Crippen LogP contribution in [0.15, 0.2) is 72.9 Å². The monoisotopic (exact) mass is 443 g/mol. The molecule has 0 bridgehead atoms. The molecule has 2 aromatic carbocycles. The summed E-state index contributed by atoms with van der Waals surface area (Å²) in [6.45, 7) is 1.03. The van der Waals surface area contributed by atoms with E-state index in [4.69, 9.17) is 4.74 Å². The normalized spacial score (nSPS) is 15.7. The second-order valence-corrected chi connectivity index (χ2v) is 8.20. The van der Waals surface area contributed by atoms with Crippen LogP contribution in [0.25, 0.3) is 11.1 Å². The van der Waals surface area contributed by atoms with E-state index in [1.54, 1.807) is 18.2 Å². The van der Waals surface area contributed by atoms with Crippen molar-refractivity contribution in [1.29, 1.82) is 0 Å². The van der Waals surface area contributed by atoms with Crippen LogP contribution < -0.4 is 10.1 Å². The molecular weight excluding hydrogens is 414 g/mol. The summed E-state index contributed by atoms with van der Waals surface area (Å²) in [5.41, 5.74) is 4.15. The fourth-order valence-electron chi connectivity index (χ4n) is 4.21. The third-order valence-electron chi connectivity index (χ3n) is 5.98. The lowest BCUT2D eigenvalue weighted by Crippen LogP contribution is -2.58. The largest absolute Gasteiger partial charge is 0.497 e. The average Bonchev–Trinajstić information content (AvgIpc) is 2.86. The summed E-state index contributed by atoms with van der Waals surface area (Å²) in [7, 11) is 1.65. The molecule has 1 unspecified atom stereocenters. The van der Waals surface area contributed by atoms with Crippen LogP contribution in [0.3, 0.4) is 0 Å². The molecule has 3 aromatic rings. The number of carbonyl (C=O) groups excluding carboxylic acids is 2. The van der Waals surface area contributed by atoms with E-state index in [-0.39, 0.29) is 11.8 Å². The summed E-state index contributed by atoms with van der Waals surface area (Å²) >= 11 is 0. The Bertz CT molecular complexity index is 1080. The summed E-state index contributed by atoms with van der Waals surface area (Å²) in [5.74, 6) is 0.747. The van der Waals surface area contributed by atoms with Crippen LogP contribution in [0.5, 0.6) is 5.75 Å². The van der Waals surface area contributed by atoms with Crippen molar-refractivity contribution in [3.63, 3.8) is 0 Å². The van der Waals surface area contributed by atoms with Gasteiger partial charge >= 0.3 is 0 Å². The molecule has 4 rings (SSSR count). The molecule has 2 heterocycles. The molecule has 1 atom stereocenters. The van der Waals surface area contributed by atoms with Gasteiger partial charge in [-0.1, -0.05) is 42.5 Å². The van der Waals surface area contributed by atoms with Gasteiger partial charge in [-0.05, 0) is 53.8 Å². The van der Waals surface area contributed by atoms with Crippen molar-refractivity contribution >= 4 is 11.8 Å². The van der Waals surface area contributed by atoms with E-state index in [9.17, 15) is 9.59 Å². The van der Waals surface area contributed by atoms with Crippen molar-refractivity contribution in [2.75, 3.05) is 20.2 Å². The number of carbonyl (C=O) groups is 2. The third kappa shape index (κ3) is 5.77. The Morgan fingerprint density at radius 2 is 1.94 bits per heavy atom. The van der Waals surface area contributed by atoms with Crippen molar-refractivity contribution in [2.45, 2.75) is 31.7 Å². The van der Waals surface area contributed by atoms with E-state index >= 15 is 0 Å². The molecule has 1 aromatic heterocycles. The van der Waals surface area contributed by atoms with Crippen LogP contribution in [0.2, 0.25) is 0 Å². The molecule has 170 valence electrons. The highest BCUT2D eigenvalue weighted by atomic mass is 16.5. The standard InChI is InChI=1S/C27H29N3O3/c1-33-24-13-11-21(12-14-24)22-7-4-6-20(18-22)19-25-27(32)29-16-17-30(25)26(31)10-5-9-23-8-2-3-15-28-23/h2-4,6-8,11-15,18,25H,5,9-10,16-17,19H2,1H3,(H,29,32). The summed E-state index contributed by atoms with van der Waals surface area (Å²) in [6.07, 6.45) is 4.13. The number of piperazine rings is 1. The van der Waals surface area contributed by atoms with Crippen molar-refractivity contribution in [1.82, 2.24) is 15.2 Å². The minimum Gasteiger partial charge on any atom is -0.497 e. The zero-order valence-electron chi connectivity index (χ0n) is 18.9. The fraction of sp³-hybridized carbons (Fsp3) is 0.296. The minimum atomic E-state index is -0.493. The second-order valence-electron chi connectivity index (χ2n) is 8.20. The molecule has 0 radical (unpaired) electrons. The first-order valence-corrected chi connectivity index (χ1v) is 11.3. The Morgan fingerprint density at radius 1 is 1.09 bits per heavy atom. The summed E-state index contributed by atoms with van der Waals surface area (Å²) in [4.78, 5) is 31.8. The highest BCUT2D eigenvalue weighted by molar-refractivity contribution is 5.89. The SMILES string of the molecule is COc1ccc(-c2cccc(CC3C(=O)NCCN3C(=O)CCCc3ccccn3)c2)cc1. The van der Waals surface area contributed by atoms with Gasteiger partial charge in [0.25, 0.3) is 0 Å². The lowest BCUT2D eigenvalue weighted by atomic mass is 9.97. The van der Waals surface area contributed by atoms with Crippen LogP contribution in [0.1, 0.15) is 24.1 Å². The Hall–Kier alpha value is -3.67. The van der Waals surface area contributed by atoms with Gasteiger partial charge in [0.15, 0.2) is 0 Å². The molecule has 1 aliphatic heterocycles. The van der Waals surface area contributed by atoms with Crippen LogP contribution >= 0.6 is 0 Å². The lowest BCUT2D eigenvalue weighted by molar-refractivity contribution is -0.143. The van der Waals surface area contributed by atoms with Crippen molar-refractivity contribution < 1.29 is 14.3 Å². The molecule has 0 saturated carbocycles. The zero-order valence-corrected chi connectivity index (χ0v) is 18.9. The number of aryl methyl sites for hydroxylation is 1. The van der Waals surface area contributed by atoms with Gasteiger partial charge in [-0.15, -0.1) is 0 Å². The molecular formula is C27H29N3O3. The van der Waals surface area contributed by atoms with Crippen molar-refractivity contribution in [2.24, 2.45) is 0 Å². The number of hydrogen-bond donors (Lipinski definition) is 1. The number of pyridine rings is 1. The first-order chi connectivity index (χ1) is 16.1. The number of benzene rings is 2. The Morgan fingerprint density at radius 3 is 2.70 bits per heavy atom. The number of hydrogen-bond acceptors (Lipinski definition) is 4. The van der Waals surface area contributed by atoms with Crippen LogP contribution in [0, 0.1) is 0 Å². The van der Waals surface area contributed by atoms with E-state index in [0.29, 0.717) is 32.4 Å². The Labute approximate surface area is 194 Å². The maximum absolute atomic E-state index is 13.0. The van der Waals surface area contributed by atoms with Gasteiger partial charge < -0.3 is 15.0 Å². The molecule has 1 fully saturated rings. The van der Waals surface area contributed by atoms with E-state index in [0.717, 1.165) is 34.6 Å². The maximum atomic E-state index is 13.0. The predicted octanol–water partition coefficient (Wildman–Crippen LogP) is 3.65.